The van der Waals surface area contributed by atoms with Crippen molar-refractivity contribution in [1.82, 2.24) is 19.2 Å². The van der Waals surface area contributed by atoms with E-state index in [-0.39, 0.29) is 30.0 Å². The second-order valence-corrected chi connectivity index (χ2v) is 11.5. The molecule has 1 atom stereocenters. The van der Waals surface area contributed by atoms with E-state index in [0.29, 0.717) is 56.3 Å². The van der Waals surface area contributed by atoms with Crippen molar-refractivity contribution in [1.29, 1.82) is 0 Å². The summed E-state index contributed by atoms with van der Waals surface area (Å²) in [5.74, 6) is -1.35. The predicted molar refractivity (Wildman–Crippen MR) is 150 cm³/mol. The molecule has 0 radical (unpaired) electrons. The van der Waals surface area contributed by atoms with Crippen LogP contribution in [0, 0.1) is 11.6 Å². The molecule has 11 nitrogen and oxygen atoms in total. The van der Waals surface area contributed by atoms with Gasteiger partial charge in [0.05, 0.1) is 11.5 Å². The summed E-state index contributed by atoms with van der Waals surface area (Å²) in [5.41, 5.74) is 6.66. The monoisotopic (exact) mass is 595 g/mol. The van der Waals surface area contributed by atoms with E-state index in [0.717, 1.165) is 12.1 Å². The van der Waals surface area contributed by atoms with Crippen molar-refractivity contribution in [3.8, 4) is 0 Å². The van der Waals surface area contributed by atoms with Crippen molar-refractivity contribution in [2.45, 2.75) is 23.8 Å². The third-order valence-corrected chi connectivity index (χ3v) is 8.81. The van der Waals surface area contributed by atoms with Gasteiger partial charge in [0.15, 0.2) is 20.3 Å². The minimum atomic E-state index is -3.79. The van der Waals surface area contributed by atoms with E-state index >= 15 is 0 Å². The van der Waals surface area contributed by atoms with Crippen molar-refractivity contribution in [3.63, 3.8) is 0 Å². The normalized spacial score (nSPS) is 15.2. The van der Waals surface area contributed by atoms with Crippen LogP contribution >= 0.6 is 8.69 Å². The Morgan fingerprint density at radius 1 is 1.05 bits per heavy atom. The smallest absolute Gasteiger partial charge is 0.243 e. The number of halogens is 2. The number of nitrogens with one attached hydrogen (secondary N) is 2. The minimum absolute atomic E-state index is 0.149. The maximum absolute atomic E-state index is 13.5. The Labute approximate surface area is 233 Å². The predicted octanol–water partition coefficient (Wildman–Crippen LogP) is 3.34. The van der Waals surface area contributed by atoms with Gasteiger partial charge < -0.3 is 25.8 Å². The highest BCUT2D eigenvalue weighted by molar-refractivity contribution is 7.89. The van der Waals surface area contributed by atoms with Gasteiger partial charge in [-0.2, -0.15) is 9.29 Å². The van der Waals surface area contributed by atoms with Gasteiger partial charge in [-0.3, -0.25) is 4.57 Å². The third-order valence-electron chi connectivity index (χ3n) is 6.47. The molecule has 40 heavy (non-hydrogen) atoms. The molecule has 2 heterocycles. The quantitative estimate of drug-likeness (QED) is 0.199. The van der Waals surface area contributed by atoms with Crippen LogP contribution in [0.15, 0.2) is 59.6 Å². The molecule has 0 amide bonds. The molecule has 1 fully saturated rings. The Morgan fingerprint density at radius 3 is 2.45 bits per heavy atom. The second-order valence-electron chi connectivity index (χ2n) is 9.11. The van der Waals surface area contributed by atoms with Crippen LogP contribution in [0.1, 0.15) is 12.8 Å². The van der Waals surface area contributed by atoms with Crippen molar-refractivity contribution < 1.29 is 26.3 Å². The lowest BCUT2D eigenvalue weighted by Gasteiger charge is -2.37. The SMILES string of the molecule is NCCN(C1CCN(CCO[PH2]=O)CC1)S(=O)(=O)c1ccc(Nc2nccc(Nc3ccc(F)c(F)c3)n2)cc1. The first-order valence-corrected chi connectivity index (χ1v) is 15.1. The largest absolute Gasteiger partial charge is 0.340 e. The van der Waals surface area contributed by atoms with E-state index in [1.807, 2.05) is 0 Å². The summed E-state index contributed by atoms with van der Waals surface area (Å²) in [6.45, 7) is 2.90. The van der Waals surface area contributed by atoms with Gasteiger partial charge in [0.25, 0.3) is 0 Å². The molecule has 216 valence electrons. The van der Waals surface area contributed by atoms with Crippen LogP contribution in [-0.4, -0.2) is 73.0 Å². The average molecular weight is 596 g/mol. The first-order valence-electron chi connectivity index (χ1n) is 12.7. The Balaban J connectivity index is 1.40. The first-order chi connectivity index (χ1) is 19.3. The van der Waals surface area contributed by atoms with E-state index in [2.05, 4.69) is 25.5 Å². The topological polar surface area (TPSA) is 143 Å². The molecule has 15 heteroatoms. The van der Waals surface area contributed by atoms with Crippen molar-refractivity contribution in [3.05, 3.63) is 66.4 Å². The van der Waals surface area contributed by atoms with Gasteiger partial charge in [0.2, 0.25) is 16.0 Å². The lowest BCUT2D eigenvalue weighted by molar-refractivity contribution is 0.143. The number of hydrogen-bond acceptors (Lipinski definition) is 10. The second kappa shape index (κ2) is 14.1. The van der Waals surface area contributed by atoms with Crippen LogP contribution in [0.25, 0.3) is 0 Å². The van der Waals surface area contributed by atoms with E-state index < -0.39 is 30.3 Å². The molecular weight excluding hydrogens is 563 g/mol. The number of anilines is 4. The summed E-state index contributed by atoms with van der Waals surface area (Å²) in [4.78, 5) is 10.8. The number of sulfonamides is 1. The van der Waals surface area contributed by atoms with Crippen LogP contribution in [0.4, 0.5) is 31.9 Å². The van der Waals surface area contributed by atoms with Crippen LogP contribution in [-0.2, 0) is 19.1 Å². The van der Waals surface area contributed by atoms with E-state index in [4.69, 9.17) is 10.3 Å². The zero-order chi connectivity index (χ0) is 28.5. The van der Waals surface area contributed by atoms with E-state index in [1.165, 1.54) is 28.7 Å². The lowest BCUT2D eigenvalue weighted by Crippen LogP contribution is -2.49. The van der Waals surface area contributed by atoms with Crippen LogP contribution in [0.3, 0.4) is 0 Å². The van der Waals surface area contributed by atoms with Crippen LogP contribution in [0.5, 0.6) is 0 Å². The minimum Gasteiger partial charge on any atom is -0.340 e. The molecule has 0 aliphatic carbocycles. The Hall–Kier alpha value is -3.00. The summed E-state index contributed by atoms with van der Waals surface area (Å²) >= 11 is 0. The summed E-state index contributed by atoms with van der Waals surface area (Å²) in [6, 6.07) is 11.1. The summed E-state index contributed by atoms with van der Waals surface area (Å²) in [5, 5.41) is 5.90. The zero-order valence-corrected chi connectivity index (χ0v) is 23.6. The van der Waals surface area contributed by atoms with Gasteiger partial charge in [-0.1, -0.05) is 0 Å². The van der Waals surface area contributed by atoms with Gasteiger partial charge in [-0.15, -0.1) is 0 Å². The maximum atomic E-state index is 13.5. The highest BCUT2D eigenvalue weighted by atomic mass is 32.2. The molecule has 1 unspecified atom stereocenters. The molecular formula is C25H32F2N7O4PS. The highest BCUT2D eigenvalue weighted by Crippen LogP contribution is 2.26. The Bertz CT molecular complexity index is 1390. The molecule has 0 saturated carbocycles. The standard InChI is InChI=1S/C25H32F2N7O4PS/c26-22-6-3-19(17-23(22)27)30-24-7-11-29-25(32-24)31-18-1-4-21(5-2-18)40(36,37)34(14-10-28)20-8-12-33(13-9-20)15-16-38-39-35/h1-7,11,17,20H,8-10,12-16,28,39H2,(H2,29,30,31,32). The molecule has 4 rings (SSSR count). The van der Waals surface area contributed by atoms with Crippen LogP contribution < -0.4 is 16.4 Å². The molecule has 1 aliphatic rings. The number of piperidine rings is 1. The average Bonchev–Trinajstić information content (AvgIpc) is 2.95. The molecule has 1 aromatic heterocycles. The fraction of sp³-hybridized carbons (Fsp3) is 0.360. The molecule has 2 aromatic carbocycles. The third kappa shape index (κ3) is 7.80. The Kier molecular flexibility index (Phi) is 10.5. The summed E-state index contributed by atoms with van der Waals surface area (Å²) in [7, 11) is -5.02. The van der Waals surface area contributed by atoms with Gasteiger partial charge in [0, 0.05) is 49.3 Å². The molecule has 4 N–H and O–H groups in total. The maximum Gasteiger partial charge on any atom is 0.243 e. The first kappa shape index (κ1) is 30.0. The highest BCUT2D eigenvalue weighted by Gasteiger charge is 2.33. The van der Waals surface area contributed by atoms with Gasteiger partial charge >= 0.3 is 0 Å². The number of rotatable bonds is 13. The van der Waals surface area contributed by atoms with Crippen molar-refractivity contribution in [2.75, 3.05) is 50.0 Å². The molecule has 1 saturated heterocycles. The van der Waals surface area contributed by atoms with E-state index in [1.54, 1.807) is 18.2 Å². The number of hydrogen-bond donors (Lipinski definition) is 3. The fourth-order valence-corrected chi connectivity index (χ4v) is 6.37. The molecule has 1 aliphatic heterocycles. The number of nitrogens with zero attached hydrogens (tertiary/aromatic N) is 4. The van der Waals surface area contributed by atoms with Gasteiger partial charge in [-0.25, -0.2) is 22.2 Å². The summed E-state index contributed by atoms with van der Waals surface area (Å²) in [6.07, 6.45) is 2.81. The van der Waals surface area contributed by atoms with Crippen LogP contribution in [0.2, 0.25) is 0 Å². The fourth-order valence-electron chi connectivity index (χ4n) is 4.47. The van der Waals surface area contributed by atoms with Crippen molar-refractivity contribution in [2.24, 2.45) is 5.73 Å². The molecule has 0 spiro atoms. The number of benzene rings is 2. The summed E-state index contributed by atoms with van der Waals surface area (Å²) < 4.78 is 70.8. The van der Waals surface area contributed by atoms with Gasteiger partial charge in [-0.05, 0) is 68.4 Å². The zero-order valence-electron chi connectivity index (χ0n) is 21.7. The van der Waals surface area contributed by atoms with Gasteiger partial charge in [0.1, 0.15) is 5.82 Å². The number of nitrogens with two attached hydrogens (primary N) is 1. The number of aromatic nitrogens is 2. The van der Waals surface area contributed by atoms with Crippen molar-refractivity contribution >= 4 is 41.9 Å². The lowest BCUT2D eigenvalue weighted by atomic mass is 10.1. The molecule has 0 bridgehead atoms. The number of likely N-dealkylation sites (tertiary alicyclic amines) is 1. The Morgan fingerprint density at radius 2 is 1.77 bits per heavy atom. The molecule has 3 aromatic rings. The van der Waals surface area contributed by atoms with E-state index in [9.17, 15) is 21.8 Å².